The van der Waals surface area contributed by atoms with Gasteiger partial charge in [-0.1, -0.05) is 23.9 Å². The van der Waals surface area contributed by atoms with Crippen LogP contribution in [0.2, 0.25) is 0 Å². The molecule has 1 atom stereocenters. The molecule has 30 heavy (non-hydrogen) atoms. The van der Waals surface area contributed by atoms with Crippen molar-refractivity contribution in [1.82, 2.24) is 5.32 Å². The van der Waals surface area contributed by atoms with Crippen LogP contribution in [0.5, 0.6) is 0 Å². The molecule has 1 aromatic heterocycles. The maximum atomic E-state index is 12.5. The highest BCUT2D eigenvalue weighted by molar-refractivity contribution is 8.03. The molecule has 1 aromatic carbocycles. The fourth-order valence-corrected chi connectivity index (χ4v) is 4.18. The summed E-state index contributed by atoms with van der Waals surface area (Å²) in [6.07, 6.45) is 1.48. The van der Waals surface area contributed by atoms with E-state index in [0.29, 0.717) is 16.5 Å². The number of hydrogen-bond donors (Lipinski definition) is 3. The third-order valence-electron chi connectivity index (χ3n) is 4.76. The van der Waals surface area contributed by atoms with Crippen molar-refractivity contribution in [2.45, 2.75) is 26.7 Å². The van der Waals surface area contributed by atoms with Crippen LogP contribution in [0.3, 0.4) is 0 Å². The van der Waals surface area contributed by atoms with E-state index in [9.17, 15) is 14.9 Å². The number of nitrogens with zero attached hydrogens (tertiary/aromatic N) is 1. The summed E-state index contributed by atoms with van der Waals surface area (Å²) in [5.74, 6) is -1.01. The second kappa shape index (κ2) is 8.93. The molecule has 2 heterocycles. The van der Waals surface area contributed by atoms with E-state index in [1.54, 1.807) is 19.1 Å². The number of rotatable bonds is 6. The zero-order valence-electron chi connectivity index (χ0n) is 16.9. The number of anilines is 1. The lowest BCUT2D eigenvalue weighted by Crippen LogP contribution is -2.31. The number of primary amides is 1. The van der Waals surface area contributed by atoms with Crippen molar-refractivity contribution in [2.24, 2.45) is 5.73 Å². The molecular formula is C22H22N4O3S. The normalized spacial score (nSPS) is 16.1. The Hall–Kier alpha value is -3.44. The number of nitriles is 1. The first-order valence-electron chi connectivity index (χ1n) is 9.27. The first kappa shape index (κ1) is 21.3. The summed E-state index contributed by atoms with van der Waals surface area (Å²) in [6, 6.07) is 11.4. The van der Waals surface area contributed by atoms with Gasteiger partial charge in [0.25, 0.3) is 0 Å². The van der Waals surface area contributed by atoms with Crippen molar-refractivity contribution in [3.05, 3.63) is 75.4 Å². The van der Waals surface area contributed by atoms with Crippen molar-refractivity contribution in [3.63, 3.8) is 0 Å². The fourth-order valence-electron chi connectivity index (χ4n) is 3.29. The minimum absolute atomic E-state index is 0.0882. The lowest BCUT2D eigenvalue weighted by Gasteiger charge is -2.27. The highest BCUT2D eigenvalue weighted by Crippen LogP contribution is 2.40. The number of carbonyl (C=O) groups is 2. The monoisotopic (exact) mass is 422 g/mol. The molecule has 0 fully saturated rings. The second-order valence-electron chi connectivity index (χ2n) is 6.99. The summed E-state index contributed by atoms with van der Waals surface area (Å²) in [6.45, 7) is 5.59. The van der Waals surface area contributed by atoms with Crippen LogP contribution in [0.25, 0.3) is 0 Å². The number of aryl methyl sites for hydroxylation is 2. The van der Waals surface area contributed by atoms with Crippen LogP contribution in [0.4, 0.5) is 5.69 Å². The summed E-state index contributed by atoms with van der Waals surface area (Å²) in [7, 11) is 0. The number of carbonyl (C=O) groups excluding carboxylic acids is 2. The number of thioether (sulfide) groups is 1. The molecular weight excluding hydrogens is 400 g/mol. The summed E-state index contributed by atoms with van der Waals surface area (Å²) < 4.78 is 5.47. The number of benzene rings is 1. The molecule has 8 heteroatoms. The first-order chi connectivity index (χ1) is 14.3. The maximum absolute atomic E-state index is 12.5. The number of nitrogens with one attached hydrogen (secondary N) is 2. The van der Waals surface area contributed by atoms with Gasteiger partial charge in [0.05, 0.1) is 40.2 Å². The van der Waals surface area contributed by atoms with Crippen LogP contribution in [-0.2, 0) is 9.59 Å². The van der Waals surface area contributed by atoms with Crippen LogP contribution < -0.4 is 16.4 Å². The van der Waals surface area contributed by atoms with Gasteiger partial charge in [-0.2, -0.15) is 5.26 Å². The molecule has 7 nitrogen and oxygen atoms in total. The van der Waals surface area contributed by atoms with Gasteiger partial charge < -0.3 is 20.8 Å². The zero-order chi connectivity index (χ0) is 21.8. The minimum Gasteiger partial charge on any atom is -0.468 e. The van der Waals surface area contributed by atoms with E-state index in [0.717, 1.165) is 16.8 Å². The predicted octanol–water partition coefficient (Wildman–Crippen LogP) is 3.45. The smallest absolute Gasteiger partial charge is 0.247 e. The third-order valence-corrected chi connectivity index (χ3v) is 5.77. The van der Waals surface area contributed by atoms with E-state index < -0.39 is 11.8 Å². The summed E-state index contributed by atoms with van der Waals surface area (Å²) in [5.41, 5.74) is 9.43. The van der Waals surface area contributed by atoms with Gasteiger partial charge in [0.15, 0.2) is 0 Å². The zero-order valence-corrected chi connectivity index (χ0v) is 17.7. The van der Waals surface area contributed by atoms with Crippen molar-refractivity contribution in [1.29, 1.82) is 5.26 Å². The Labute approximate surface area is 179 Å². The molecule has 154 valence electrons. The molecule has 2 amide bonds. The average Bonchev–Trinajstić information content (AvgIpc) is 3.22. The second-order valence-corrected chi connectivity index (χ2v) is 7.97. The molecule has 2 aromatic rings. The topological polar surface area (TPSA) is 121 Å². The van der Waals surface area contributed by atoms with Gasteiger partial charge in [-0.05, 0) is 50.1 Å². The number of allylic oxidation sites excluding steroid dienone is 2. The van der Waals surface area contributed by atoms with E-state index in [2.05, 4.69) is 16.7 Å². The van der Waals surface area contributed by atoms with Gasteiger partial charge in [-0.25, -0.2) is 0 Å². The van der Waals surface area contributed by atoms with E-state index in [4.69, 9.17) is 10.2 Å². The summed E-state index contributed by atoms with van der Waals surface area (Å²) in [5, 5.41) is 16.3. The Morgan fingerprint density at radius 1 is 1.30 bits per heavy atom. The van der Waals surface area contributed by atoms with Gasteiger partial charge in [-0.3, -0.25) is 9.59 Å². The van der Waals surface area contributed by atoms with E-state index in [1.165, 1.54) is 18.0 Å². The molecule has 1 unspecified atom stereocenters. The molecule has 0 aliphatic carbocycles. The number of hydrogen-bond acceptors (Lipinski definition) is 6. The molecule has 0 radical (unpaired) electrons. The van der Waals surface area contributed by atoms with Gasteiger partial charge in [0.1, 0.15) is 5.76 Å². The SMILES string of the molecule is CC1=C(C(N)=O)C(c2ccco2)C(C#N)=C(SCC(=O)Nc2cc(C)ccc2C)N1. The van der Waals surface area contributed by atoms with Gasteiger partial charge in [-0.15, -0.1) is 0 Å². The van der Waals surface area contributed by atoms with Crippen LogP contribution >= 0.6 is 11.8 Å². The van der Waals surface area contributed by atoms with Crippen molar-refractivity contribution in [3.8, 4) is 6.07 Å². The van der Waals surface area contributed by atoms with Crippen LogP contribution in [0.1, 0.15) is 29.7 Å². The van der Waals surface area contributed by atoms with Gasteiger partial charge >= 0.3 is 0 Å². The van der Waals surface area contributed by atoms with Crippen molar-refractivity contribution >= 4 is 29.3 Å². The Kier molecular flexibility index (Phi) is 6.33. The number of nitrogens with two attached hydrogens (primary N) is 1. The molecule has 4 N–H and O–H groups in total. The number of dihydropyridines is 1. The van der Waals surface area contributed by atoms with Gasteiger partial charge in [0.2, 0.25) is 11.8 Å². The Balaban J connectivity index is 1.83. The van der Waals surface area contributed by atoms with Crippen LogP contribution in [0, 0.1) is 25.2 Å². The van der Waals surface area contributed by atoms with Crippen LogP contribution in [0.15, 0.2) is 62.9 Å². The highest BCUT2D eigenvalue weighted by atomic mass is 32.2. The van der Waals surface area contributed by atoms with Gasteiger partial charge in [0, 0.05) is 11.4 Å². The Bertz CT molecular complexity index is 1090. The molecule has 1 aliphatic heterocycles. The van der Waals surface area contributed by atoms with E-state index in [1.807, 2.05) is 32.0 Å². The molecule has 0 spiro atoms. The van der Waals surface area contributed by atoms with E-state index >= 15 is 0 Å². The fraction of sp³-hybridized carbons (Fsp3) is 0.227. The highest BCUT2D eigenvalue weighted by Gasteiger charge is 2.35. The Morgan fingerprint density at radius 2 is 2.07 bits per heavy atom. The van der Waals surface area contributed by atoms with Crippen LogP contribution in [-0.4, -0.2) is 17.6 Å². The van der Waals surface area contributed by atoms with E-state index in [-0.39, 0.29) is 22.8 Å². The maximum Gasteiger partial charge on any atom is 0.247 e. The molecule has 0 saturated carbocycles. The molecule has 3 rings (SSSR count). The number of amides is 2. The lowest BCUT2D eigenvalue weighted by molar-refractivity contribution is -0.115. The summed E-state index contributed by atoms with van der Waals surface area (Å²) >= 11 is 1.19. The lowest BCUT2D eigenvalue weighted by atomic mass is 9.86. The first-order valence-corrected chi connectivity index (χ1v) is 10.3. The quantitative estimate of drug-likeness (QED) is 0.656. The summed E-state index contributed by atoms with van der Waals surface area (Å²) in [4.78, 5) is 24.6. The third kappa shape index (κ3) is 4.42. The predicted molar refractivity (Wildman–Crippen MR) is 116 cm³/mol. The Morgan fingerprint density at radius 3 is 2.70 bits per heavy atom. The molecule has 0 saturated heterocycles. The molecule has 0 bridgehead atoms. The van der Waals surface area contributed by atoms with Crippen molar-refractivity contribution in [2.75, 3.05) is 11.1 Å². The average molecular weight is 423 g/mol. The molecule has 1 aliphatic rings. The largest absolute Gasteiger partial charge is 0.468 e. The minimum atomic E-state index is -0.715. The number of furan rings is 1. The standard InChI is InChI=1S/C22H22N4O3S/c1-12-6-7-13(2)16(9-12)26-18(27)11-30-22-15(10-23)20(17-5-4-8-29-17)19(21(24)28)14(3)25-22/h4-9,20,25H,11H2,1-3H3,(H2,24,28)(H,26,27). The van der Waals surface area contributed by atoms with Crippen molar-refractivity contribution < 1.29 is 14.0 Å².